The lowest BCUT2D eigenvalue weighted by molar-refractivity contribution is 0.894. The Kier molecular flexibility index (Phi) is 3.15. The van der Waals surface area contributed by atoms with E-state index in [9.17, 15) is 0 Å². The molecule has 1 heteroatoms. The number of rotatable bonds is 3. The zero-order valence-corrected chi connectivity index (χ0v) is 8.09. The van der Waals surface area contributed by atoms with Crippen molar-refractivity contribution in [1.29, 1.82) is 0 Å². The number of hydrogen-bond acceptors (Lipinski definition) is 1. The quantitative estimate of drug-likeness (QED) is 0.722. The Morgan fingerprint density at radius 2 is 1.92 bits per heavy atom. The second-order valence-electron chi connectivity index (χ2n) is 3.31. The lowest BCUT2D eigenvalue weighted by Gasteiger charge is -2.13. The van der Waals surface area contributed by atoms with Crippen molar-refractivity contribution in [2.45, 2.75) is 33.2 Å². The monoisotopic (exact) mass is 163 g/mol. The van der Waals surface area contributed by atoms with Crippen molar-refractivity contribution in [3.05, 3.63) is 29.8 Å². The lowest BCUT2D eigenvalue weighted by Crippen LogP contribution is -2.10. The lowest BCUT2D eigenvalue weighted by atomic mass is 10.1. The molecule has 0 fully saturated rings. The van der Waals surface area contributed by atoms with Crippen molar-refractivity contribution in [2.24, 2.45) is 0 Å². The molecule has 0 atom stereocenters. The van der Waals surface area contributed by atoms with E-state index < -0.39 is 0 Å². The highest BCUT2D eigenvalue weighted by molar-refractivity contribution is 5.51. The van der Waals surface area contributed by atoms with Crippen LogP contribution in [0, 0.1) is 0 Å². The summed E-state index contributed by atoms with van der Waals surface area (Å²) < 4.78 is 0. The molecule has 0 bridgehead atoms. The zero-order valence-electron chi connectivity index (χ0n) is 8.09. The summed E-state index contributed by atoms with van der Waals surface area (Å²) in [6, 6.07) is 8.98. The molecule has 0 saturated carbocycles. The molecule has 0 spiro atoms. The molecule has 0 radical (unpaired) electrons. The predicted octanol–water partition coefficient (Wildman–Crippen LogP) is 3.07. The molecule has 1 N–H and O–H groups in total. The molecular formula is C11H17N. The molecule has 0 aromatic heterocycles. The van der Waals surface area contributed by atoms with Gasteiger partial charge in [0.1, 0.15) is 0 Å². The minimum Gasteiger partial charge on any atom is -0.383 e. The van der Waals surface area contributed by atoms with Gasteiger partial charge in [0.15, 0.2) is 0 Å². The van der Waals surface area contributed by atoms with E-state index >= 15 is 0 Å². The summed E-state index contributed by atoms with van der Waals surface area (Å²) >= 11 is 0. The normalized spacial score (nSPS) is 10.3. The predicted molar refractivity (Wildman–Crippen MR) is 54.6 cm³/mol. The maximum Gasteiger partial charge on any atom is 0.0374 e. The first kappa shape index (κ1) is 9.11. The first-order chi connectivity index (χ1) is 5.74. The number of aryl methyl sites for hydroxylation is 1. The summed E-state index contributed by atoms with van der Waals surface area (Å²) in [7, 11) is 0. The standard InChI is InChI=1S/C11H17N/c1-4-10-7-5-6-8-11(10)12-9(2)3/h5-9,12H,4H2,1-3H3. The third-order valence-corrected chi connectivity index (χ3v) is 1.84. The van der Waals surface area contributed by atoms with Crippen LogP contribution in [0.1, 0.15) is 26.3 Å². The largest absolute Gasteiger partial charge is 0.383 e. The summed E-state index contributed by atoms with van der Waals surface area (Å²) in [6.45, 7) is 6.50. The van der Waals surface area contributed by atoms with Gasteiger partial charge in [0.05, 0.1) is 0 Å². The Labute approximate surface area is 74.8 Å². The molecular weight excluding hydrogens is 146 g/mol. The van der Waals surface area contributed by atoms with Gasteiger partial charge in [0.2, 0.25) is 0 Å². The molecule has 1 nitrogen and oxygen atoms in total. The third kappa shape index (κ3) is 2.26. The Hall–Kier alpha value is -0.980. The first-order valence-corrected chi connectivity index (χ1v) is 4.58. The van der Waals surface area contributed by atoms with E-state index in [1.54, 1.807) is 0 Å². The second-order valence-corrected chi connectivity index (χ2v) is 3.31. The maximum absolute atomic E-state index is 3.42. The van der Waals surface area contributed by atoms with E-state index in [0.717, 1.165) is 6.42 Å². The highest BCUT2D eigenvalue weighted by atomic mass is 14.9. The number of para-hydroxylation sites is 1. The third-order valence-electron chi connectivity index (χ3n) is 1.84. The molecule has 0 unspecified atom stereocenters. The van der Waals surface area contributed by atoms with Crippen LogP contribution in [0.25, 0.3) is 0 Å². The van der Waals surface area contributed by atoms with Crippen molar-refractivity contribution >= 4 is 5.69 Å². The van der Waals surface area contributed by atoms with Gasteiger partial charge in [-0.2, -0.15) is 0 Å². The highest BCUT2D eigenvalue weighted by Crippen LogP contribution is 2.15. The second kappa shape index (κ2) is 4.15. The van der Waals surface area contributed by atoms with Crippen molar-refractivity contribution in [1.82, 2.24) is 0 Å². The van der Waals surface area contributed by atoms with Crippen LogP contribution in [0.2, 0.25) is 0 Å². The van der Waals surface area contributed by atoms with E-state index in [2.05, 4.69) is 50.4 Å². The van der Waals surface area contributed by atoms with Gasteiger partial charge in [0.25, 0.3) is 0 Å². The molecule has 0 aliphatic rings. The van der Waals surface area contributed by atoms with Crippen LogP contribution in [-0.4, -0.2) is 6.04 Å². The molecule has 1 aromatic rings. The molecule has 0 heterocycles. The van der Waals surface area contributed by atoms with E-state index in [4.69, 9.17) is 0 Å². The van der Waals surface area contributed by atoms with E-state index in [-0.39, 0.29) is 0 Å². The van der Waals surface area contributed by atoms with Gasteiger partial charge in [-0.05, 0) is 31.9 Å². The van der Waals surface area contributed by atoms with Crippen molar-refractivity contribution in [3.63, 3.8) is 0 Å². The number of benzene rings is 1. The molecule has 0 amide bonds. The van der Waals surface area contributed by atoms with Gasteiger partial charge in [-0.15, -0.1) is 0 Å². The molecule has 1 aromatic carbocycles. The van der Waals surface area contributed by atoms with Gasteiger partial charge in [0, 0.05) is 11.7 Å². The van der Waals surface area contributed by atoms with Gasteiger partial charge in [-0.3, -0.25) is 0 Å². The number of nitrogens with one attached hydrogen (secondary N) is 1. The summed E-state index contributed by atoms with van der Waals surface area (Å²) in [6.07, 6.45) is 1.09. The fourth-order valence-electron chi connectivity index (χ4n) is 1.28. The summed E-state index contributed by atoms with van der Waals surface area (Å²) in [5.74, 6) is 0. The van der Waals surface area contributed by atoms with Gasteiger partial charge in [-0.25, -0.2) is 0 Å². The average molecular weight is 163 g/mol. The van der Waals surface area contributed by atoms with E-state index in [0.29, 0.717) is 6.04 Å². The van der Waals surface area contributed by atoms with Crippen LogP contribution in [-0.2, 0) is 6.42 Å². The fourth-order valence-corrected chi connectivity index (χ4v) is 1.28. The van der Waals surface area contributed by atoms with Crippen LogP contribution >= 0.6 is 0 Å². The smallest absolute Gasteiger partial charge is 0.0374 e. The molecule has 0 aliphatic heterocycles. The number of anilines is 1. The van der Waals surface area contributed by atoms with Crippen molar-refractivity contribution in [2.75, 3.05) is 5.32 Å². The SMILES string of the molecule is CCc1ccccc1NC(C)C. The van der Waals surface area contributed by atoms with Crippen LogP contribution < -0.4 is 5.32 Å². The average Bonchev–Trinajstić information content (AvgIpc) is 2.04. The maximum atomic E-state index is 3.42. The van der Waals surface area contributed by atoms with E-state index in [1.165, 1.54) is 11.3 Å². The Morgan fingerprint density at radius 1 is 1.25 bits per heavy atom. The summed E-state index contributed by atoms with van der Waals surface area (Å²) in [4.78, 5) is 0. The summed E-state index contributed by atoms with van der Waals surface area (Å²) in [5, 5.41) is 3.42. The molecule has 12 heavy (non-hydrogen) atoms. The van der Waals surface area contributed by atoms with Crippen LogP contribution in [0.15, 0.2) is 24.3 Å². The highest BCUT2D eigenvalue weighted by Gasteiger charge is 1.99. The topological polar surface area (TPSA) is 12.0 Å². The molecule has 0 saturated heterocycles. The first-order valence-electron chi connectivity index (χ1n) is 4.58. The molecule has 1 rings (SSSR count). The van der Waals surface area contributed by atoms with Crippen molar-refractivity contribution in [3.8, 4) is 0 Å². The Bertz CT molecular complexity index is 241. The molecule has 0 aliphatic carbocycles. The summed E-state index contributed by atoms with van der Waals surface area (Å²) in [5.41, 5.74) is 2.67. The fraction of sp³-hybridized carbons (Fsp3) is 0.455. The van der Waals surface area contributed by atoms with Gasteiger partial charge >= 0.3 is 0 Å². The van der Waals surface area contributed by atoms with Crippen LogP contribution in [0.3, 0.4) is 0 Å². The van der Waals surface area contributed by atoms with Gasteiger partial charge < -0.3 is 5.32 Å². The Morgan fingerprint density at radius 3 is 2.50 bits per heavy atom. The zero-order chi connectivity index (χ0) is 8.97. The minimum atomic E-state index is 0.512. The number of hydrogen-bond donors (Lipinski definition) is 1. The van der Waals surface area contributed by atoms with Crippen LogP contribution in [0.4, 0.5) is 5.69 Å². The Balaban J connectivity index is 2.82. The van der Waals surface area contributed by atoms with Crippen molar-refractivity contribution < 1.29 is 0 Å². The van der Waals surface area contributed by atoms with Gasteiger partial charge in [-0.1, -0.05) is 25.1 Å². The van der Waals surface area contributed by atoms with E-state index in [1.807, 2.05) is 0 Å². The van der Waals surface area contributed by atoms with Crippen LogP contribution in [0.5, 0.6) is 0 Å². The molecule has 66 valence electrons. The minimum absolute atomic E-state index is 0.512.